The molecular formula is C30H31N3O4. The quantitative estimate of drug-likeness (QED) is 0.331. The summed E-state index contributed by atoms with van der Waals surface area (Å²) in [5, 5.41) is 4.18. The number of carbonyl (C=O) groups is 2. The number of aromatic nitrogens is 1. The highest BCUT2D eigenvalue weighted by Gasteiger charge is 2.34. The van der Waals surface area contributed by atoms with Crippen molar-refractivity contribution >= 4 is 28.6 Å². The monoisotopic (exact) mass is 497 g/mol. The van der Waals surface area contributed by atoms with Crippen LogP contribution >= 0.6 is 0 Å². The number of aryl methyl sites for hydroxylation is 1. The number of nitrogens with one attached hydrogen (secondary N) is 2. The Bertz CT molecular complexity index is 1420. The molecule has 1 atom stereocenters. The molecule has 2 N–H and O–H groups in total. The Morgan fingerprint density at radius 1 is 1.05 bits per heavy atom. The summed E-state index contributed by atoms with van der Waals surface area (Å²) in [4.78, 5) is 30.8. The van der Waals surface area contributed by atoms with Crippen molar-refractivity contribution < 1.29 is 19.1 Å². The molecule has 4 aromatic rings. The van der Waals surface area contributed by atoms with E-state index in [0.717, 1.165) is 39.9 Å². The third kappa shape index (κ3) is 5.03. The molecule has 0 spiro atoms. The van der Waals surface area contributed by atoms with Crippen LogP contribution in [0.4, 0.5) is 10.5 Å². The number of aromatic amines is 1. The molecule has 1 aliphatic rings. The van der Waals surface area contributed by atoms with Gasteiger partial charge in [-0.15, -0.1) is 0 Å². The summed E-state index contributed by atoms with van der Waals surface area (Å²) in [6.07, 6.45) is 0.939. The molecule has 0 bridgehead atoms. The highest BCUT2D eigenvalue weighted by molar-refractivity contribution is 5.92. The summed E-state index contributed by atoms with van der Waals surface area (Å²) in [5.74, 6) is 0.549. The summed E-state index contributed by atoms with van der Waals surface area (Å²) in [6, 6.07) is 21.2. The van der Waals surface area contributed by atoms with Gasteiger partial charge < -0.3 is 24.7 Å². The van der Waals surface area contributed by atoms with E-state index in [2.05, 4.69) is 47.6 Å². The lowest BCUT2D eigenvalue weighted by molar-refractivity contribution is -0.142. The van der Waals surface area contributed by atoms with E-state index in [1.807, 2.05) is 41.3 Å². The highest BCUT2D eigenvalue weighted by Crippen LogP contribution is 2.39. The van der Waals surface area contributed by atoms with E-state index >= 15 is 0 Å². The van der Waals surface area contributed by atoms with Crippen molar-refractivity contribution in [2.24, 2.45) is 0 Å². The zero-order chi connectivity index (χ0) is 25.9. The Kier molecular flexibility index (Phi) is 6.86. The SMILES string of the molecule is CCOC(=O)Cc1ccc(NC(=O)N2CCc3c([nH]c4ccc(OC)cc34)C2c2ccc(C)cc2)cc1. The first-order valence-corrected chi connectivity index (χ1v) is 12.5. The van der Waals surface area contributed by atoms with Gasteiger partial charge >= 0.3 is 12.0 Å². The van der Waals surface area contributed by atoms with Gasteiger partial charge in [0.2, 0.25) is 0 Å². The van der Waals surface area contributed by atoms with Crippen LogP contribution in [0.3, 0.4) is 0 Å². The van der Waals surface area contributed by atoms with E-state index < -0.39 is 0 Å². The van der Waals surface area contributed by atoms with Crippen molar-refractivity contribution in [1.82, 2.24) is 9.88 Å². The van der Waals surface area contributed by atoms with Crippen molar-refractivity contribution in [2.45, 2.75) is 32.7 Å². The molecule has 2 amide bonds. The van der Waals surface area contributed by atoms with Crippen LogP contribution in [-0.2, 0) is 22.4 Å². The molecule has 7 heteroatoms. The molecule has 7 nitrogen and oxygen atoms in total. The minimum Gasteiger partial charge on any atom is -0.497 e. The van der Waals surface area contributed by atoms with Gasteiger partial charge in [-0.3, -0.25) is 4.79 Å². The smallest absolute Gasteiger partial charge is 0.322 e. The lowest BCUT2D eigenvalue weighted by atomic mass is 9.92. The van der Waals surface area contributed by atoms with E-state index in [1.165, 1.54) is 11.1 Å². The van der Waals surface area contributed by atoms with Crippen molar-refractivity contribution in [3.63, 3.8) is 0 Å². The molecule has 0 radical (unpaired) electrons. The number of nitrogens with zero attached hydrogens (tertiary/aromatic N) is 1. The highest BCUT2D eigenvalue weighted by atomic mass is 16.5. The predicted octanol–water partition coefficient (Wildman–Crippen LogP) is 5.77. The number of hydrogen-bond donors (Lipinski definition) is 2. The number of benzene rings is 3. The molecule has 190 valence electrons. The molecule has 0 saturated heterocycles. The van der Waals surface area contributed by atoms with E-state index in [4.69, 9.17) is 9.47 Å². The van der Waals surface area contributed by atoms with Crippen LogP contribution in [0.1, 0.15) is 40.9 Å². The van der Waals surface area contributed by atoms with Crippen LogP contribution in [0.25, 0.3) is 10.9 Å². The van der Waals surface area contributed by atoms with Gasteiger partial charge in [-0.25, -0.2) is 4.79 Å². The molecule has 0 aliphatic carbocycles. The Morgan fingerprint density at radius 2 is 1.81 bits per heavy atom. The van der Waals surface area contributed by atoms with Crippen molar-refractivity contribution in [1.29, 1.82) is 0 Å². The van der Waals surface area contributed by atoms with Gasteiger partial charge in [0.05, 0.1) is 26.2 Å². The molecule has 1 aromatic heterocycles. The first-order chi connectivity index (χ1) is 18.0. The second-order valence-corrected chi connectivity index (χ2v) is 9.29. The Balaban J connectivity index is 1.44. The second kappa shape index (κ2) is 10.4. The number of amides is 2. The number of methoxy groups -OCH3 is 1. The fraction of sp³-hybridized carbons (Fsp3) is 0.267. The maximum atomic E-state index is 13.6. The number of esters is 1. The van der Waals surface area contributed by atoms with Crippen LogP contribution in [0.2, 0.25) is 0 Å². The summed E-state index contributed by atoms with van der Waals surface area (Å²) in [7, 11) is 1.67. The van der Waals surface area contributed by atoms with Gasteiger partial charge in [-0.05, 0) is 67.3 Å². The van der Waals surface area contributed by atoms with Gasteiger partial charge in [0.1, 0.15) is 5.75 Å². The third-order valence-electron chi connectivity index (χ3n) is 6.85. The van der Waals surface area contributed by atoms with E-state index in [-0.39, 0.29) is 24.5 Å². The lowest BCUT2D eigenvalue weighted by Gasteiger charge is -2.36. The molecule has 1 unspecified atom stereocenters. The zero-order valence-electron chi connectivity index (χ0n) is 21.3. The molecular weight excluding hydrogens is 466 g/mol. The van der Waals surface area contributed by atoms with Crippen LogP contribution in [0, 0.1) is 6.92 Å². The minimum absolute atomic E-state index is 0.175. The van der Waals surface area contributed by atoms with E-state index in [0.29, 0.717) is 18.8 Å². The minimum atomic E-state index is -0.264. The Hall–Kier alpha value is -4.26. The molecule has 37 heavy (non-hydrogen) atoms. The number of carbonyl (C=O) groups excluding carboxylic acids is 2. The summed E-state index contributed by atoms with van der Waals surface area (Å²) < 4.78 is 10.5. The number of ether oxygens (including phenoxy) is 2. The summed E-state index contributed by atoms with van der Waals surface area (Å²) >= 11 is 0. The van der Waals surface area contributed by atoms with Gasteiger partial charge in [-0.1, -0.05) is 42.0 Å². The normalized spacial score (nSPS) is 14.8. The topological polar surface area (TPSA) is 83.7 Å². The molecule has 0 fully saturated rings. The van der Waals surface area contributed by atoms with Gasteiger partial charge in [0, 0.05) is 28.8 Å². The molecule has 1 aliphatic heterocycles. The van der Waals surface area contributed by atoms with Crippen LogP contribution in [-0.4, -0.2) is 42.1 Å². The van der Waals surface area contributed by atoms with Crippen LogP contribution < -0.4 is 10.1 Å². The number of fused-ring (bicyclic) bond motifs is 3. The Labute approximate surface area is 216 Å². The van der Waals surface area contributed by atoms with Crippen molar-refractivity contribution in [3.8, 4) is 5.75 Å². The lowest BCUT2D eigenvalue weighted by Crippen LogP contribution is -2.43. The van der Waals surface area contributed by atoms with Crippen molar-refractivity contribution in [3.05, 3.63) is 94.7 Å². The number of rotatable bonds is 6. The van der Waals surface area contributed by atoms with Crippen molar-refractivity contribution in [2.75, 3.05) is 25.6 Å². The van der Waals surface area contributed by atoms with Gasteiger partial charge in [-0.2, -0.15) is 0 Å². The molecule has 5 rings (SSSR count). The summed E-state index contributed by atoms with van der Waals surface area (Å²) in [6.45, 7) is 4.77. The average molecular weight is 498 g/mol. The Morgan fingerprint density at radius 3 is 2.51 bits per heavy atom. The first-order valence-electron chi connectivity index (χ1n) is 12.5. The van der Waals surface area contributed by atoms with E-state index in [1.54, 1.807) is 14.0 Å². The van der Waals surface area contributed by atoms with Gasteiger partial charge in [0.15, 0.2) is 0 Å². The van der Waals surface area contributed by atoms with Crippen LogP contribution in [0.5, 0.6) is 5.75 Å². The standard InChI is InChI=1S/C30H31N3O4/c1-4-37-27(34)17-20-7-11-22(12-8-20)31-30(35)33-16-15-24-25-18-23(36-3)13-14-26(25)32-28(24)29(33)21-9-5-19(2)6-10-21/h5-14,18,29,32H,4,15-17H2,1-3H3,(H,31,35). The van der Waals surface area contributed by atoms with Gasteiger partial charge in [0.25, 0.3) is 0 Å². The molecule has 0 saturated carbocycles. The second-order valence-electron chi connectivity index (χ2n) is 9.29. The molecule has 2 heterocycles. The predicted molar refractivity (Wildman–Crippen MR) is 144 cm³/mol. The largest absolute Gasteiger partial charge is 0.497 e. The summed E-state index contributed by atoms with van der Waals surface area (Å²) in [5.41, 5.74) is 7.00. The maximum absolute atomic E-state index is 13.6. The average Bonchev–Trinajstić information content (AvgIpc) is 3.28. The number of anilines is 1. The maximum Gasteiger partial charge on any atom is 0.322 e. The fourth-order valence-corrected chi connectivity index (χ4v) is 4.99. The number of urea groups is 1. The molecule has 3 aromatic carbocycles. The van der Waals surface area contributed by atoms with Crippen LogP contribution in [0.15, 0.2) is 66.7 Å². The third-order valence-corrected chi connectivity index (χ3v) is 6.85. The van der Waals surface area contributed by atoms with E-state index in [9.17, 15) is 9.59 Å². The number of H-pyrrole nitrogens is 1. The zero-order valence-corrected chi connectivity index (χ0v) is 21.3. The fourth-order valence-electron chi connectivity index (χ4n) is 4.99. The number of hydrogen-bond acceptors (Lipinski definition) is 4. The first kappa shape index (κ1) is 24.4.